The summed E-state index contributed by atoms with van der Waals surface area (Å²) in [5.41, 5.74) is 1.12. The van der Waals surface area contributed by atoms with E-state index in [0.29, 0.717) is 16.5 Å². The molecule has 146 valence electrons. The van der Waals surface area contributed by atoms with Crippen LogP contribution in [0.4, 0.5) is 5.69 Å². The third-order valence-electron chi connectivity index (χ3n) is 3.70. The molecule has 0 aliphatic carbocycles. The number of halogens is 1. The molecule has 0 aliphatic rings. The number of benzene rings is 2. The number of nitrogens with one attached hydrogen (secondary N) is 1. The standard InChI is InChI=1S/C18H21ClN2O5S/c1-12-9-13(19)5-7-15(12)26-11-18(22)20-14-6-8-16(25-4)17(10-14)27(23,24)21(2)3/h5-10H,11H2,1-4H3,(H,20,22). The van der Waals surface area contributed by atoms with Crippen molar-refractivity contribution >= 4 is 33.2 Å². The molecule has 7 nitrogen and oxygen atoms in total. The van der Waals surface area contributed by atoms with E-state index >= 15 is 0 Å². The van der Waals surface area contributed by atoms with Crippen molar-refractivity contribution in [1.29, 1.82) is 0 Å². The summed E-state index contributed by atoms with van der Waals surface area (Å²) in [5, 5.41) is 3.20. The van der Waals surface area contributed by atoms with Crippen LogP contribution in [0.1, 0.15) is 5.56 Å². The van der Waals surface area contributed by atoms with E-state index in [1.165, 1.54) is 33.3 Å². The highest BCUT2D eigenvalue weighted by Crippen LogP contribution is 2.29. The number of sulfonamides is 1. The SMILES string of the molecule is COc1ccc(NC(=O)COc2ccc(Cl)cc2C)cc1S(=O)(=O)N(C)C. The van der Waals surface area contributed by atoms with E-state index in [4.69, 9.17) is 21.1 Å². The number of carbonyl (C=O) groups excluding carboxylic acids is 1. The van der Waals surface area contributed by atoms with Crippen molar-refractivity contribution in [3.8, 4) is 11.5 Å². The van der Waals surface area contributed by atoms with E-state index in [9.17, 15) is 13.2 Å². The molecule has 0 saturated carbocycles. The third-order valence-corrected chi connectivity index (χ3v) is 5.77. The second kappa shape index (κ2) is 8.60. The number of methoxy groups -OCH3 is 1. The highest BCUT2D eigenvalue weighted by atomic mass is 35.5. The Morgan fingerprint density at radius 2 is 1.81 bits per heavy atom. The molecule has 2 aromatic carbocycles. The fourth-order valence-corrected chi connectivity index (χ4v) is 3.57. The molecule has 0 heterocycles. The van der Waals surface area contributed by atoms with Gasteiger partial charge in [-0.25, -0.2) is 12.7 Å². The minimum absolute atomic E-state index is 0.0396. The molecule has 2 rings (SSSR count). The Hall–Kier alpha value is -2.29. The predicted octanol–water partition coefficient (Wildman–Crippen LogP) is 2.92. The summed E-state index contributed by atoms with van der Waals surface area (Å²) < 4.78 is 36.5. The molecule has 0 fully saturated rings. The van der Waals surface area contributed by atoms with Crippen molar-refractivity contribution in [2.75, 3.05) is 33.1 Å². The number of carbonyl (C=O) groups is 1. The fraction of sp³-hybridized carbons (Fsp3) is 0.278. The van der Waals surface area contributed by atoms with Crippen LogP contribution in [-0.2, 0) is 14.8 Å². The van der Waals surface area contributed by atoms with Gasteiger partial charge in [0.2, 0.25) is 10.0 Å². The zero-order valence-electron chi connectivity index (χ0n) is 15.4. The topological polar surface area (TPSA) is 84.9 Å². The lowest BCUT2D eigenvalue weighted by molar-refractivity contribution is -0.118. The second-order valence-corrected chi connectivity index (χ2v) is 8.46. The number of ether oxygens (including phenoxy) is 2. The van der Waals surface area contributed by atoms with Crippen LogP contribution in [0.5, 0.6) is 11.5 Å². The van der Waals surface area contributed by atoms with Gasteiger partial charge in [0.05, 0.1) is 7.11 Å². The molecular weight excluding hydrogens is 392 g/mol. The molecule has 1 N–H and O–H groups in total. The van der Waals surface area contributed by atoms with Crippen molar-refractivity contribution in [2.45, 2.75) is 11.8 Å². The first-order valence-electron chi connectivity index (χ1n) is 7.94. The number of hydrogen-bond acceptors (Lipinski definition) is 5. The number of rotatable bonds is 7. The van der Waals surface area contributed by atoms with Gasteiger partial charge in [0.15, 0.2) is 6.61 Å². The maximum atomic E-state index is 12.4. The summed E-state index contributed by atoms with van der Waals surface area (Å²) in [5.74, 6) is 0.303. The summed E-state index contributed by atoms with van der Waals surface area (Å²) in [6.45, 7) is 1.59. The van der Waals surface area contributed by atoms with Gasteiger partial charge in [0.25, 0.3) is 5.91 Å². The zero-order valence-corrected chi connectivity index (χ0v) is 17.0. The Kier molecular flexibility index (Phi) is 6.69. The van der Waals surface area contributed by atoms with Crippen LogP contribution < -0.4 is 14.8 Å². The molecule has 0 bridgehead atoms. The van der Waals surface area contributed by atoms with Gasteiger partial charge in [0.1, 0.15) is 16.4 Å². The first kappa shape index (κ1) is 21.0. The molecule has 9 heteroatoms. The minimum Gasteiger partial charge on any atom is -0.495 e. The normalized spacial score (nSPS) is 11.3. The molecule has 0 radical (unpaired) electrons. The highest BCUT2D eigenvalue weighted by molar-refractivity contribution is 7.89. The van der Waals surface area contributed by atoms with Crippen LogP contribution in [0.2, 0.25) is 5.02 Å². The summed E-state index contributed by atoms with van der Waals surface area (Å²) in [6.07, 6.45) is 0. The summed E-state index contributed by atoms with van der Waals surface area (Å²) in [7, 11) is 0.488. The average Bonchev–Trinajstić information content (AvgIpc) is 2.60. The van der Waals surface area contributed by atoms with E-state index in [-0.39, 0.29) is 17.3 Å². The van der Waals surface area contributed by atoms with Crippen molar-refractivity contribution in [2.24, 2.45) is 0 Å². The van der Waals surface area contributed by atoms with Crippen LogP contribution in [-0.4, -0.2) is 46.4 Å². The monoisotopic (exact) mass is 412 g/mol. The largest absolute Gasteiger partial charge is 0.495 e. The predicted molar refractivity (Wildman–Crippen MR) is 104 cm³/mol. The third kappa shape index (κ3) is 5.12. The number of anilines is 1. The molecular formula is C18H21ClN2O5S. The maximum absolute atomic E-state index is 12.4. The van der Waals surface area contributed by atoms with Crippen LogP contribution in [0.15, 0.2) is 41.3 Å². The smallest absolute Gasteiger partial charge is 0.262 e. The van der Waals surface area contributed by atoms with Crippen molar-refractivity contribution in [3.05, 3.63) is 47.0 Å². The number of nitrogens with zero attached hydrogens (tertiary/aromatic N) is 1. The van der Waals surface area contributed by atoms with Gasteiger partial charge >= 0.3 is 0 Å². The van der Waals surface area contributed by atoms with Crippen molar-refractivity contribution in [3.63, 3.8) is 0 Å². The van der Waals surface area contributed by atoms with E-state index < -0.39 is 15.9 Å². The van der Waals surface area contributed by atoms with Gasteiger partial charge in [0, 0.05) is 24.8 Å². The Morgan fingerprint density at radius 3 is 2.41 bits per heavy atom. The first-order chi connectivity index (χ1) is 12.6. The van der Waals surface area contributed by atoms with Crippen LogP contribution >= 0.6 is 11.6 Å². The highest BCUT2D eigenvalue weighted by Gasteiger charge is 2.23. The molecule has 0 aromatic heterocycles. The number of amides is 1. The molecule has 0 unspecified atom stereocenters. The van der Waals surface area contributed by atoms with Gasteiger partial charge in [-0.3, -0.25) is 4.79 Å². The molecule has 0 aliphatic heterocycles. The molecule has 2 aromatic rings. The lowest BCUT2D eigenvalue weighted by Gasteiger charge is -2.16. The van der Waals surface area contributed by atoms with E-state index in [2.05, 4.69) is 5.32 Å². The first-order valence-corrected chi connectivity index (χ1v) is 9.76. The summed E-state index contributed by atoms with van der Waals surface area (Å²) in [4.78, 5) is 12.1. The second-order valence-electron chi connectivity index (χ2n) is 5.90. The zero-order chi connectivity index (χ0) is 20.2. The molecule has 1 amide bonds. The van der Waals surface area contributed by atoms with Crippen LogP contribution in [0.3, 0.4) is 0 Å². The minimum atomic E-state index is -3.73. The molecule has 0 saturated heterocycles. The van der Waals surface area contributed by atoms with Crippen molar-refractivity contribution < 1.29 is 22.7 Å². The fourth-order valence-electron chi connectivity index (χ4n) is 2.27. The number of aryl methyl sites for hydroxylation is 1. The van der Waals surface area contributed by atoms with Crippen LogP contribution in [0.25, 0.3) is 0 Å². The van der Waals surface area contributed by atoms with E-state index in [1.807, 2.05) is 6.92 Å². The summed E-state index contributed by atoms with van der Waals surface area (Å²) >= 11 is 5.89. The van der Waals surface area contributed by atoms with E-state index in [0.717, 1.165) is 9.87 Å². The molecule has 0 atom stereocenters. The quantitative estimate of drug-likeness (QED) is 0.755. The Balaban J connectivity index is 2.14. The molecule has 0 spiro atoms. The Labute approximate surface area is 163 Å². The van der Waals surface area contributed by atoms with Crippen molar-refractivity contribution in [1.82, 2.24) is 4.31 Å². The Bertz CT molecular complexity index is 945. The van der Waals surface area contributed by atoms with Gasteiger partial charge in [-0.15, -0.1) is 0 Å². The van der Waals surface area contributed by atoms with E-state index in [1.54, 1.807) is 24.3 Å². The summed E-state index contributed by atoms with van der Waals surface area (Å²) in [6, 6.07) is 9.47. The lowest BCUT2D eigenvalue weighted by Crippen LogP contribution is -2.24. The average molecular weight is 413 g/mol. The number of hydrogen-bond donors (Lipinski definition) is 1. The maximum Gasteiger partial charge on any atom is 0.262 e. The van der Waals surface area contributed by atoms with Gasteiger partial charge < -0.3 is 14.8 Å². The Morgan fingerprint density at radius 1 is 1.15 bits per heavy atom. The van der Waals surface area contributed by atoms with Gasteiger partial charge in [-0.2, -0.15) is 0 Å². The van der Waals surface area contributed by atoms with Gasteiger partial charge in [-0.1, -0.05) is 11.6 Å². The van der Waals surface area contributed by atoms with Gasteiger partial charge in [-0.05, 0) is 48.9 Å². The molecule has 27 heavy (non-hydrogen) atoms. The lowest BCUT2D eigenvalue weighted by atomic mass is 10.2. The van der Waals surface area contributed by atoms with Crippen LogP contribution in [0, 0.1) is 6.92 Å².